The van der Waals surface area contributed by atoms with Crippen molar-refractivity contribution in [1.29, 1.82) is 21.6 Å². The number of anilines is 1. The van der Waals surface area contributed by atoms with E-state index in [0.29, 0.717) is 22.0 Å². The van der Waals surface area contributed by atoms with Gasteiger partial charge in [-0.1, -0.05) is 140 Å². The van der Waals surface area contributed by atoms with E-state index in [4.69, 9.17) is 60.3 Å². The number of carbonyl (C=O) groups excluding carboxylic acids is 6. The Balaban J connectivity index is 1.30. The third-order valence-electron chi connectivity index (χ3n) is 11.1. The van der Waals surface area contributed by atoms with Crippen LogP contribution in [0.3, 0.4) is 0 Å². The Morgan fingerprint density at radius 3 is 1.42 bits per heavy atom. The number of primary amides is 1. The molecule has 6 amide bonds. The van der Waals surface area contributed by atoms with Crippen molar-refractivity contribution in [3.8, 4) is 11.4 Å². The lowest BCUT2D eigenvalue weighted by Crippen LogP contribution is -2.68. The summed E-state index contributed by atoms with van der Waals surface area (Å²) in [7, 11) is 0. The molecule has 1 aromatic heterocycles. The summed E-state index contributed by atoms with van der Waals surface area (Å²) in [5.41, 5.74) is 30.9. The molecular formula is C51H57N21O7. The summed E-state index contributed by atoms with van der Waals surface area (Å²) in [4.78, 5) is 93.1. The fourth-order valence-corrected chi connectivity index (χ4v) is 7.47. The highest BCUT2D eigenvalue weighted by Crippen LogP contribution is 2.30. The fourth-order valence-electron chi connectivity index (χ4n) is 7.47. The molecule has 0 spiro atoms. The number of hydrogen-bond donors (Lipinski definition) is 19. The van der Waals surface area contributed by atoms with Crippen molar-refractivity contribution in [2.45, 2.75) is 43.5 Å². The predicted octanol–water partition coefficient (Wildman–Crippen LogP) is -2.16. The number of aliphatic hydroxyl groups is 1. The van der Waals surface area contributed by atoms with Gasteiger partial charge in [0.25, 0.3) is 29.5 Å². The first-order valence-corrected chi connectivity index (χ1v) is 23.6. The average molecular weight is 1080 g/mol. The Morgan fingerprint density at radius 1 is 0.481 bits per heavy atom. The number of hydrogen-bond acceptors (Lipinski definition) is 14. The Hall–Kier alpha value is -11.2. The molecule has 408 valence electrons. The summed E-state index contributed by atoms with van der Waals surface area (Å²) in [5.74, 6) is -10.5. The monoisotopic (exact) mass is 1080 g/mol. The number of fused-ring (bicyclic) bond motifs is 1. The van der Waals surface area contributed by atoms with Gasteiger partial charge in [0.15, 0.2) is 54.3 Å². The van der Waals surface area contributed by atoms with Crippen molar-refractivity contribution in [3.05, 3.63) is 162 Å². The number of benzene rings is 5. The first kappa shape index (κ1) is 57.1. The number of para-hydroxylation sites is 1. The van der Waals surface area contributed by atoms with Crippen molar-refractivity contribution < 1.29 is 33.9 Å². The van der Waals surface area contributed by atoms with E-state index in [-0.39, 0.29) is 23.8 Å². The quantitative estimate of drug-likeness (QED) is 0.0141. The van der Waals surface area contributed by atoms with Crippen LogP contribution in [0.2, 0.25) is 0 Å². The largest absolute Gasteiger partial charge is 0.370 e. The lowest BCUT2D eigenvalue weighted by atomic mass is 10.1. The number of nitrogens with one attached hydrogen (secondary N) is 13. The molecular weight excluding hydrogens is 1020 g/mol. The molecule has 28 heteroatoms. The lowest BCUT2D eigenvalue weighted by molar-refractivity contribution is -0.136. The van der Waals surface area contributed by atoms with Crippen LogP contribution in [-0.4, -0.2) is 105 Å². The highest BCUT2D eigenvalue weighted by molar-refractivity contribution is 6.00. The van der Waals surface area contributed by atoms with E-state index in [1.165, 1.54) is 17.0 Å². The number of nitrogens with zero attached hydrogens (tertiary/aromatic N) is 3. The summed E-state index contributed by atoms with van der Waals surface area (Å²) in [6, 6.07) is 39.2. The molecule has 0 saturated carbocycles. The predicted molar refractivity (Wildman–Crippen MR) is 293 cm³/mol. The molecule has 0 saturated heterocycles. The van der Waals surface area contributed by atoms with Crippen molar-refractivity contribution in [2.24, 2.45) is 28.7 Å². The van der Waals surface area contributed by atoms with Gasteiger partial charge in [-0.25, -0.2) is 9.97 Å². The van der Waals surface area contributed by atoms with Crippen molar-refractivity contribution in [3.63, 3.8) is 0 Å². The first-order valence-electron chi connectivity index (χ1n) is 23.6. The minimum absolute atomic E-state index is 0.107. The van der Waals surface area contributed by atoms with Gasteiger partial charge in [-0.15, -0.1) is 0 Å². The Labute approximate surface area is 450 Å². The lowest BCUT2D eigenvalue weighted by Gasteiger charge is -2.31. The van der Waals surface area contributed by atoms with E-state index in [2.05, 4.69) is 42.5 Å². The van der Waals surface area contributed by atoms with E-state index < -0.39 is 96.2 Å². The van der Waals surface area contributed by atoms with E-state index in [1.54, 1.807) is 42.5 Å². The summed E-state index contributed by atoms with van der Waals surface area (Å²) in [6.45, 7) is -0.107. The van der Waals surface area contributed by atoms with E-state index in [1.807, 2.05) is 102 Å². The SMILES string of the molecule is N=C(N)NC(NC(=O)C(NC(=N)N)NC(=O)C(NC(=N)N)NC(=O)C(NC(=N)N)NC(=O)C(NC(=O)C(O)N(Cc1ccc(C=Cc2ccccc2)cc1)c1nc(-c2ccccc2)nc2ccccc12)c1ccccc1)C(N)=O. The average Bonchev–Trinajstić information content (AvgIpc) is 3.47. The fraction of sp³-hybridized carbons (Fsp3) is 0.137. The summed E-state index contributed by atoms with van der Waals surface area (Å²) in [6.07, 6.45) is -6.17. The van der Waals surface area contributed by atoms with Gasteiger partial charge < -0.3 is 86.5 Å². The maximum Gasteiger partial charge on any atom is 0.271 e. The highest BCUT2D eigenvalue weighted by atomic mass is 16.3. The van der Waals surface area contributed by atoms with Gasteiger partial charge >= 0.3 is 0 Å². The van der Waals surface area contributed by atoms with Gasteiger partial charge in [0.1, 0.15) is 11.9 Å². The van der Waals surface area contributed by atoms with Crippen molar-refractivity contribution in [1.82, 2.24) is 57.8 Å². The van der Waals surface area contributed by atoms with Gasteiger partial charge in [0.2, 0.25) is 12.1 Å². The number of aromatic nitrogens is 2. The molecule has 24 N–H and O–H groups in total. The minimum Gasteiger partial charge on any atom is -0.370 e. The number of amides is 6. The molecule has 0 bridgehead atoms. The normalized spacial score (nSPS) is 13.1. The van der Waals surface area contributed by atoms with Crippen LogP contribution >= 0.6 is 0 Å². The Morgan fingerprint density at radius 2 is 0.911 bits per heavy atom. The van der Waals surface area contributed by atoms with Gasteiger partial charge in [0, 0.05) is 17.5 Å². The number of nitrogens with two attached hydrogens (primary N) is 5. The van der Waals surface area contributed by atoms with Crippen LogP contribution in [0.25, 0.3) is 34.4 Å². The van der Waals surface area contributed by atoms with E-state index >= 15 is 0 Å². The molecule has 28 nitrogen and oxygen atoms in total. The maximum atomic E-state index is 14.7. The van der Waals surface area contributed by atoms with Crippen LogP contribution in [0.5, 0.6) is 0 Å². The third kappa shape index (κ3) is 16.4. The summed E-state index contributed by atoms with van der Waals surface area (Å²) in [5, 5.41) is 63.3. The number of aliphatic hydroxyl groups excluding tert-OH is 1. The standard InChI is InChI=1S/C51H57N21O7/c52-35(73)37(68-48(53)54)64-43(75)39(70-50(57)58)66-45(77)40(71-51(59)60)67-44(76)38(69-49(55)56)65-42(74)34(30-14-6-2-7-15-30)62-46(78)47(79)72(26-29-24-22-28(23-25-29)21-20-27-12-4-1-5-13-27)41-32-18-10-11-19-33(32)61-36(63-41)31-16-8-3-9-17-31/h1-25,34,37-40,47,79H,26H2,(H2,52,73)(H,62,78)(H,64,75)(H,65,74)(H,66,77)(H,67,76)(H4,53,54,68)(H4,55,56,69)(H4,57,58,70)(H4,59,60,71). The topological polar surface area (TPSA) is 485 Å². The third-order valence-corrected chi connectivity index (χ3v) is 11.1. The molecule has 6 rings (SSSR count). The van der Waals surface area contributed by atoms with Crippen LogP contribution in [-0.2, 0) is 35.3 Å². The second-order valence-corrected chi connectivity index (χ2v) is 17.0. The molecule has 6 unspecified atom stereocenters. The maximum absolute atomic E-state index is 14.7. The molecule has 5 aromatic carbocycles. The second-order valence-electron chi connectivity index (χ2n) is 17.0. The number of carbonyl (C=O) groups is 6. The number of guanidine groups is 4. The van der Waals surface area contributed by atoms with Crippen molar-refractivity contribution in [2.75, 3.05) is 4.90 Å². The molecule has 0 radical (unpaired) electrons. The zero-order chi connectivity index (χ0) is 57.2. The molecule has 0 aliphatic rings. The Bertz CT molecular complexity index is 3240. The molecule has 0 aliphatic heterocycles. The second kappa shape index (κ2) is 26.9. The van der Waals surface area contributed by atoms with Crippen LogP contribution in [0.15, 0.2) is 140 Å². The molecule has 0 aliphatic carbocycles. The zero-order valence-corrected chi connectivity index (χ0v) is 41.7. The molecule has 6 atom stereocenters. The first-order chi connectivity index (χ1) is 37.8. The van der Waals surface area contributed by atoms with Crippen LogP contribution in [0, 0.1) is 21.6 Å². The van der Waals surface area contributed by atoms with Crippen LogP contribution in [0.1, 0.15) is 28.3 Å². The van der Waals surface area contributed by atoms with Gasteiger partial charge in [-0.3, -0.25) is 50.4 Å². The van der Waals surface area contributed by atoms with Crippen LogP contribution < -0.4 is 81.4 Å². The van der Waals surface area contributed by atoms with Gasteiger partial charge in [-0.05, 0) is 34.4 Å². The summed E-state index contributed by atoms with van der Waals surface area (Å²) < 4.78 is 0. The summed E-state index contributed by atoms with van der Waals surface area (Å²) >= 11 is 0. The molecule has 0 fully saturated rings. The molecule has 6 aromatic rings. The minimum atomic E-state index is -2.10. The van der Waals surface area contributed by atoms with Crippen molar-refractivity contribution >= 4 is 88.2 Å². The Kier molecular flexibility index (Phi) is 19.4. The van der Waals surface area contributed by atoms with E-state index in [0.717, 1.165) is 11.1 Å². The van der Waals surface area contributed by atoms with Gasteiger partial charge in [-0.2, -0.15) is 0 Å². The van der Waals surface area contributed by atoms with Crippen LogP contribution in [0.4, 0.5) is 5.82 Å². The molecule has 79 heavy (non-hydrogen) atoms. The van der Waals surface area contributed by atoms with E-state index in [9.17, 15) is 33.9 Å². The molecule has 1 heterocycles. The number of rotatable bonds is 23. The smallest absolute Gasteiger partial charge is 0.271 e. The van der Waals surface area contributed by atoms with Gasteiger partial charge in [0.05, 0.1) is 5.52 Å². The highest BCUT2D eigenvalue weighted by Gasteiger charge is 2.36. The zero-order valence-electron chi connectivity index (χ0n) is 41.7.